The van der Waals surface area contributed by atoms with Crippen molar-refractivity contribution in [3.05, 3.63) is 17.7 Å². The fraction of sp³-hybridized carbons (Fsp3) is 0.611. The van der Waals surface area contributed by atoms with E-state index in [0.29, 0.717) is 29.8 Å². The van der Waals surface area contributed by atoms with E-state index < -0.39 is 0 Å². The number of likely N-dealkylation sites (tertiary alicyclic amines) is 1. The summed E-state index contributed by atoms with van der Waals surface area (Å²) in [5.74, 6) is 2.45. The molecule has 6 nitrogen and oxygen atoms in total. The Bertz CT molecular complexity index is 593. The average molecular weight is 333 g/mol. The van der Waals surface area contributed by atoms with Crippen molar-refractivity contribution in [3.8, 4) is 17.2 Å². The number of methoxy groups -OCH3 is 2. The molecule has 6 heteroatoms. The summed E-state index contributed by atoms with van der Waals surface area (Å²) in [6, 6.07) is 4.22. The van der Waals surface area contributed by atoms with Gasteiger partial charge in [-0.25, -0.2) is 0 Å². The quantitative estimate of drug-likeness (QED) is 0.866. The third-order valence-electron chi connectivity index (χ3n) is 4.89. The van der Waals surface area contributed by atoms with Gasteiger partial charge in [0.25, 0.3) is 0 Å². The number of benzene rings is 1. The van der Waals surface area contributed by atoms with Crippen LogP contribution in [0, 0.1) is 5.92 Å². The molecule has 1 aromatic carbocycles. The molecule has 24 heavy (non-hydrogen) atoms. The molecule has 0 spiro atoms. The first-order valence-electron chi connectivity index (χ1n) is 8.64. The molecule has 1 N–H and O–H groups in total. The molecule has 0 amide bonds. The standard InChI is InChI=1S/C18H27N3O3/c1-5-21-8-7-14-13(11-21)17(20-19-14)12-9-15(22-3)18(24-6-2)16(10-12)23-4/h9-10,13,17,20H,5-8,11H2,1-4H3. The van der Waals surface area contributed by atoms with Crippen LogP contribution in [0.5, 0.6) is 17.2 Å². The molecule has 2 heterocycles. The van der Waals surface area contributed by atoms with Crippen LogP contribution in [0.1, 0.15) is 31.9 Å². The Hall–Kier alpha value is -1.95. The second-order valence-electron chi connectivity index (χ2n) is 6.15. The molecule has 0 bridgehead atoms. The highest BCUT2D eigenvalue weighted by atomic mass is 16.5. The number of piperidine rings is 1. The van der Waals surface area contributed by atoms with E-state index in [-0.39, 0.29) is 6.04 Å². The predicted molar refractivity (Wildman–Crippen MR) is 94.2 cm³/mol. The molecule has 0 aromatic heterocycles. The number of hydrogen-bond acceptors (Lipinski definition) is 6. The van der Waals surface area contributed by atoms with E-state index in [1.807, 2.05) is 19.1 Å². The zero-order chi connectivity index (χ0) is 17.1. The fourth-order valence-electron chi connectivity index (χ4n) is 3.57. The van der Waals surface area contributed by atoms with Crippen LogP contribution in [0.25, 0.3) is 0 Å². The van der Waals surface area contributed by atoms with Gasteiger partial charge in [0, 0.05) is 31.1 Å². The highest BCUT2D eigenvalue weighted by Gasteiger charge is 2.37. The summed E-state index contributed by atoms with van der Waals surface area (Å²) in [4.78, 5) is 2.48. The molecule has 0 saturated carbocycles. The number of fused-ring (bicyclic) bond motifs is 1. The molecule has 132 valence electrons. The van der Waals surface area contributed by atoms with Crippen molar-refractivity contribution in [1.82, 2.24) is 10.3 Å². The molecule has 2 aliphatic heterocycles. The highest BCUT2D eigenvalue weighted by Crippen LogP contribution is 2.42. The Morgan fingerprint density at radius 1 is 1.21 bits per heavy atom. The summed E-state index contributed by atoms with van der Waals surface area (Å²) in [5, 5.41) is 4.58. The number of ether oxygens (including phenoxy) is 3. The van der Waals surface area contributed by atoms with Crippen LogP contribution in [0.4, 0.5) is 0 Å². The summed E-state index contributed by atoms with van der Waals surface area (Å²) in [6.07, 6.45) is 1.04. The van der Waals surface area contributed by atoms with Crippen LogP contribution >= 0.6 is 0 Å². The van der Waals surface area contributed by atoms with E-state index in [4.69, 9.17) is 14.2 Å². The lowest BCUT2D eigenvalue weighted by atomic mass is 9.86. The molecule has 3 rings (SSSR count). The molecule has 1 aromatic rings. The van der Waals surface area contributed by atoms with Gasteiger partial charge in [0.2, 0.25) is 5.75 Å². The van der Waals surface area contributed by atoms with Gasteiger partial charge in [0.05, 0.1) is 26.9 Å². The highest BCUT2D eigenvalue weighted by molar-refractivity contribution is 5.90. The van der Waals surface area contributed by atoms with Gasteiger partial charge >= 0.3 is 0 Å². The Kier molecular flexibility index (Phi) is 5.14. The summed E-state index contributed by atoms with van der Waals surface area (Å²) < 4.78 is 16.8. The summed E-state index contributed by atoms with van der Waals surface area (Å²) in [7, 11) is 3.31. The molecule has 2 atom stereocenters. The zero-order valence-corrected chi connectivity index (χ0v) is 15.0. The first-order valence-corrected chi connectivity index (χ1v) is 8.64. The van der Waals surface area contributed by atoms with Gasteiger partial charge in [-0.1, -0.05) is 6.92 Å². The average Bonchev–Trinajstić information content (AvgIpc) is 3.05. The lowest BCUT2D eigenvalue weighted by Gasteiger charge is -2.33. The predicted octanol–water partition coefficient (Wildman–Crippen LogP) is 2.44. The fourth-order valence-corrected chi connectivity index (χ4v) is 3.57. The normalized spacial score (nSPS) is 23.2. The largest absolute Gasteiger partial charge is 0.493 e. The Balaban J connectivity index is 1.92. The van der Waals surface area contributed by atoms with E-state index >= 15 is 0 Å². The van der Waals surface area contributed by atoms with Gasteiger partial charge in [-0.05, 0) is 31.2 Å². The number of nitrogens with one attached hydrogen (secondary N) is 1. The maximum Gasteiger partial charge on any atom is 0.203 e. The first-order chi connectivity index (χ1) is 11.7. The van der Waals surface area contributed by atoms with Gasteiger partial charge in [0.1, 0.15) is 0 Å². The van der Waals surface area contributed by atoms with Gasteiger partial charge in [-0.2, -0.15) is 5.10 Å². The van der Waals surface area contributed by atoms with Crippen LogP contribution < -0.4 is 19.6 Å². The summed E-state index contributed by atoms with van der Waals surface area (Å²) >= 11 is 0. The SMILES string of the molecule is CCOc1c(OC)cc(C2NN=C3CCN(CC)CC32)cc1OC. The lowest BCUT2D eigenvalue weighted by molar-refractivity contribution is 0.238. The van der Waals surface area contributed by atoms with Crippen molar-refractivity contribution in [3.63, 3.8) is 0 Å². The molecule has 2 aliphatic rings. The number of hydrazone groups is 1. The minimum absolute atomic E-state index is 0.146. The van der Waals surface area contributed by atoms with Gasteiger partial charge < -0.3 is 24.5 Å². The second-order valence-corrected chi connectivity index (χ2v) is 6.15. The molecule has 2 unspecified atom stereocenters. The van der Waals surface area contributed by atoms with Crippen LogP contribution in [0.2, 0.25) is 0 Å². The molecular formula is C18H27N3O3. The van der Waals surface area contributed by atoms with E-state index in [1.54, 1.807) is 14.2 Å². The van der Waals surface area contributed by atoms with Crippen LogP contribution in [-0.4, -0.2) is 51.1 Å². The second kappa shape index (κ2) is 7.30. The van der Waals surface area contributed by atoms with Crippen molar-refractivity contribution in [2.45, 2.75) is 26.3 Å². The monoisotopic (exact) mass is 333 g/mol. The number of rotatable bonds is 6. The van der Waals surface area contributed by atoms with E-state index in [1.165, 1.54) is 5.71 Å². The number of nitrogens with zero attached hydrogens (tertiary/aromatic N) is 2. The molecule has 0 radical (unpaired) electrons. The molecule has 1 fully saturated rings. The Morgan fingerprint density at radius 2 is 1.92 bits per heavy atom. The maximum atomic E-state index is 5.70. The number of hydrogen-bond donors (Lipinski definition) is 1. The van der Waals surface area contributed by atoms with Crippen LogP contribution in [0.3, 0.4) is 0 Å². The smallest absolute Gasteiger partial charge is 0.203 e. The topological polar surface area (TPSA) is 55.3 Å². The summed E-state index contributed by atoms with van der Waals surface area (Å²) in [5.41, 5.74) is 5.72. The first kappa shape index (κ1) is 16.9. The van der Waals surface area contributed by atoms with Gasteiger partial charge in [-0.3, -0.25) is 0 Å². The van der Waals surface area contributed by atoms with Crippen molar-refractivity contribution >= 4 is 5.71 Å². The lowest BCUT2D eigenvalue weighted by Crippen LogP contribution is -2.41. The zero-order valence-electron chi connectivity index (χ0n) is 15.0. The van der Waals surface area contributed by atoms with Gasteiger partial charge in [-0.15, -0.1) is 0 Å². The van der Waals surface area contributed by atoms with Crippen molar-refractivity contribution < 1.29 is 14.2 Å². The van der Waals surface area contributed by atoms with Gasteiger partial charge in [0.15, 0.2) is 11.5 Å². The van der Waals surface area contributed by atoms with Crippen molar-refractivity contribution in [2.75, 3.05) is 40.5 Å². The summed E-state index contributed by atoms with van der Waals surface area (Å²) in [6.45, 7) is 7.93. The van der Waals surface area contributed by atoms with Crippen LogP contribution in [-0.2, 0) is 0 Å². The minimum atomic E-state index is 0.146. The van der Waals surface area contributed by atoms with Crippen LogP contribution in [0.15, 0.2) is 17.2 Å². The van der Waals surface area contributed by atoms with Crippen molar-refractivity contribution in [1.29, 1.82) is 0 Å². The molecule has 0 aliphatic carbocycles. The van der Waals surface area contributed by atoms with E-state index in [9.17, 15) is 0 Å². The van der Waals surface area contributed by atoms with E-state index in [2.05, 4.69) is 22.4 Å². The minimum Gasteiger partial charge on any atom is -0.493 e. The molecule has 1 saturated heterocycles. The third-order valence-corrected chi connectivity index (χ3v) is 4.89. The Morgan fingerprint density at radius 3 is 2.50 bits per heavy atom. The molecular weight excluding hydrogens is 306 g/mol. The third kappa shape index (κ3) is 3.02. The van der Waals surface area contributed by atoms with Crippen molar-refractivity contribution in [2.24, 2.45) is 11.0 Å². The maximum absolute atomic E-state index is 5.70. The van der Waals surface area contributed by atoms with E-state index in [0.717, 1.165) is 31.6 Å². The Labute approximate surface area is 143 Å².